The summed E-state index contributed by atoms with van der Waals surface area (Å²) in [6, 6.07) is 3.72. The lowest BCUT2D eigenvalue weighted by atomic mass is 10.2. The van der Waals surface area contributed by atoms with E-state index in [1.165, 1.54) is 0 Å². The Hall–Kier alpha value is -0.970. The number of ether oxygens (including phenoxy) is 2. The molecule has 0 aliphatic rings. The smallest absolute Gasteiger partial charge is 0.162 e. The van der Waals surface area contributed by atoms with Crippen LogP contribution in [0.5, 0.6) is 11.5 Å². The number of nitrogens with one attached hydrogen (secondary N) is 1. The first-order valence-electron chi connectivity index (χ1n) is 7.03. The molecule has 4 nitrogen and oxygen atoms in total. The summed E-state index contributed by atoms with van der Waals surface area (Å²) in [6.07, 6.45) is 2.70. The second kappa shape index (κ2) is 9.86. The third-order valence-corrected chi connectivity index (χ3v) is 3.22. The number of halogens is 1. The van der Waals surface area contributed by atoms with Crippen molar-refractivity contribution in [2.24, 2.45) is 0 Å². The van der Waals surface area contributed by atoms with Gasteiger partial charge in [0.2, 0.25) is 0 Å². The number of benzene rings is 1. The molecule has 0 saturated carbocycles. The Morgan fingerprint density at radius 3 is 2.70 bits per heavy atom. The first kappa shape index (κ1) is 17.1. The van der Waals surface area contributed by atoms with E-state index in [0.29, 0.717) is 29.7 Å². The standard InChI is InChI=1S/C15H24ClNO3/c1-3-8-20-15-10-13(16)12(9-14(15)19-2)11-17-6-4-5-7-18/h9-10,17-18H,3-8,11H2,1-2H3. The molecule has 0 heterocycles. The van der Waals surface area contributed by atoms with Crippen LogP contribution >= 0.6 is 11.6 Å². The Labute approximate surface area is 126 Å². The predicted molar refractivity (Wildman–Crippen MR) is 81.8 cm³/mol. The molecule has 0 unspecified atom stereocenters. The van der Waals surface area contributed by atoms with Gasteiger partial charge in [-0.05, 0) is 37.4 Å². The molecule has 0 radical (unpaired) electrons. The highest BCUT2D eigenvalue weighted by Crippen LogP contribution is 2.33. The Balaban J connectivity index is 2.62. The summed E-state index contributed by atoms with van der Waals surface area (Å²) in [6.45, 7) is 4.46. The third kappa shape index (κ3) is 5.57. The minimum absolute atomic E-state index is 0.236. The van der Waals surface area contributed by atoms with Gasteiger partial charge in [-0.1, -0.05) is 18.5 Å². The highest BCUT2D eigenvalue weighted by Gasteiger charge is 2.10. The van der Waals surface area contributed by atoms with Gasteiger partial charge in [0, 0.05) is 24.2 Å². The van der Waals surface area contributed by atoms with Crippen LogP contribution in [-0.2, 0) is 6.54 Å². The molecule has 1 aromatic rings. The third-order valence-electron chi connectivity index (χ3n) is 2.87. The molecule has 5 heteroatoms. The van der Waals surface area contributed by atoms with E-state index >= 15 is 0 Å². The predicted octanol–water partition coefficient (Wildman–Crippen LogP) is 3.00. The molecular formula is C15H24ClNO3. The summed E-state index contributed by atoms with van der Waals surface area (Å²) in [7, 11) is 1.63. The quantitative estimate of drug-likeness (QED) is 0.652. The number of hydrogen-bond acceptors (Lipinski definition) is 4. The molecule has 20 heavy (non-hydrogen) atoms. The number of hydrogen-bond donors (Lipinski definition) is 2. The van der Waals surface area contributed by atoms with Gasteiger partial charge in [0.25, 0.3) is 0 Å². The second-order valence-electron chi connectivity index (χ2n) is 4.55. The van der Waals surface area contributed by atoms with E-state index in [1.54, 1.807) is 13.2 Å². The lowest BCUT2D eigenvalue weighted by Gasteiger charge is -2.14. The molecule has 0 saturated heterocycles. The van der Waals surface area contributed by atoms with E-state index < -0.39 is 0 Å². The first-order valence-corrected chi connectivity index (χ1v) is 7.41. The zero-order chi connectivity index (χ0) is 14.8. The average molecular weight is 302 g/mol. The zero-order valence-electron chi connectivity index (χ0n) is 12.2. The Bertz CT molecular complexity index is 399. The SMILES string of the molecule is CCCOc1cc(Cl)c(CNCCCCO)cc1OC. The molecule has 0 fully saturated rings. The molecular weight excluding hydrogens is 278 g/mol. The summed E-state index contributed by atoms with van der Waals surface area (Å²) in [5, 5.41) is 12.7. The highest BCUT2D eigenvalue weighted by atomic mass is 35.5. The van der Waals surface area contributed by atoms with Crippen LogP contribution in [0.4, 0.5) is 0 Å². The van der Waals surface area contributed by atoms with Crippen molar-refractivity contribution in [1.29, 1.82) is 0 Å². The van der Waals surface area contributed by atoms with E-state index in [1.807, 2.05) is 6.07 Å². The molecule has 0 aromatic heterocycles. The van der Waals surface area contributed by atoms with E-state index in [-0.39, 0.29) is 6.61 Å². The summed E-state index contributed by atoms with van der Waals surface area (Å²) in [5.41, 5.74) is 0.983. The van der Waals surface area contributed by atoms with Gasteiger partial charge in [0.1, 0.15) is 0 Å². The van der Waals surface area contributed by atoms with Crippen LogP contribution in [0.3, 0.4) is 0 Å². The number of unbranched alkanes of at least 4 members (excludes halogenated alkanes) is 1. The van der Waals surface area contributed by atoms with Gasteiger partial charge in [0.05, 0.1) is 13.7 Å². The van der Waals surface area contributed by atoms with E-state index in [2.05, 4.69) is 12.2 Å². The van der Waals surface area contributed by atoms with Gasteiger partial charge >= 0.3 is 0 Å². The van der Waals surface area contributed by atoms with Crippen molar-refractivity contribution in [3.05, 3.63) is 22.7 Å². The maximum atomic E-state index is 8.72. The van der Waals surface area contributed by atoms with E-state index in [4.69, 9.17) is 26.2 Å². The molecule has 0 aliphatic heterocycles. The number of methoxy groups -OCH3 is 1. The minimum atomic E-state index is 0.236. The maximum Gasteiger partial charge on any atom is 0.162 e. The van der Waals surface area contributed by atoms with Crippen LogP contribution in [0.25, 0.3) is 0 Å². The minimum Gasteiger partial charge on any atom is -0.493 e. The molecule has 1 aromatic carbocycles. The van der Waals surface area contributed by atoms with Gasteiger partial charge in [-0.3, -0.25) is 0 Å². The van der Waals surface area contributed by atoms with Crippen LogP contribution < -0.4 is 14.8 Å². The van der Waals surface area contributed by atoms with Gasteiger partial charge in [-0.25, -0.2) is 0 Å². The van der Waals surface area contributed by atoms with Crippen LogP contribution in [-0.4, -0.2) is 32.0 Å². The van der Waals surface area contributed by atoms with Crippen molar-refractivity contribution in [2.45, 2.75) is 32.7 Å². The normalized spacial score (nSPS) is 10.6. The van der Waals surface area contributed by atoms with Crippen molar-refractivity contribution in [1.82, 2.24) is 5.32 Å². The van der Waals surface area contributed by atoms with Gasteiger partial charge in [0.15, 0.2) is 11.5 Å². The topological polar surface area (TPSA) is 50.7 Å². The molecule has 0 bridgehead atoms. The van der Waals surface area contributed by atoms with Crippen molar-refractivity contribution < 1.29 is 14.6 Å². The summed E-state index contributed by atoms with van der Waals surface area (Å²) >= 11 is 6.26. The summed E-state index contributed by atoms with van der Waals surface area (Å²) < 4.78 is 11.0. The van der Waals surface area contributed by atoms with Crippen LogP contribution in [0.15, 0.2) is 12.1 Å². The molecule has 0 spiro atoms. The maximum absolute atomic E-state index is 8.72. The molecule has 1 rings (SSSR count). The number of rotatable bonds is 10. The summed E-state index contributed by atoms with van der Waals surface area (Å²) in [5.74, 6) is 1.39. The average Bonchev–Trinajstić information content (AvgIpc) is 2.46. The molecule has 0 amide bonds. The fraction of sp³-hybridized carbons (Fsp3) is 0.600. The zero-order valence-corrected chi connectivity index (χ0v) is 13.0. The van der Waals surface area contributed by atoms with E-state index in [0.717, 1.165) is 31.4 Å². The molecule has 114 valence electrons. The van der Waals surface area contributed by atoms with Crippen LogP contribution in [0.2, 0.25) is 5.02 Å². The number of aliphatic hydroxyl groups is 1. The fourth-order valence-corrected chi connectivity index (χ4v) is 2.00. The molecule has 2 N–H and O–H groups in total. The summed E-state index contributed by atoms with van der Waals surface area (Å²) in [4.78, 5) is 0. The fourth-order valence-electron chi connectivity index (χ4n) is 1.78. The largest absolute Gasteiger partial charge is 0.493 e. The molecule has 0 aliphatic carbocycles. The molecule has 0 atom stereocenters. The highest BCUT2D eigenvalue weighted by molar-refractivity contribution is 6.31. The lowest BCUT2D eigenvalue weighted by Crippen LogP contribution is -2.15. The monoisotopic (exact) mass is 301 g/mol. The van der Waals surface area contributed by atoms with Crippen LogP contribution in [0.1, 0.15) is 31.7 Å². The Kier molecular flexibility index (Phi) is 8.42. The van der Waals surface area contributed by atoms with Crippen LogP contribution in [0, 0.1) is 0 Å². The Morgan fingerprint density at radius 2 is 2.05 bits per heavy atom. The lowest BCUT2D eigenvalue weighted by molar-refractivity contribution is 0.283. The van der Waals surface area contributed by atoms with Crippen molar-refractivity contribution >= 4 is 11.6 Å². The van der Waals surface area contributed by atoms with Gasteiger partial charge in [-0.2, -0.15) is 0 Å². The van der Waals surface area contributed by atoms with Gasteiger partial charge in [-0.15, -0.1) is 0 Å². The van der Waals surface area contributed by atoms with E-state index in [9.17, 15) is 0 Å². The van der Waals surface area contributed by atoms with Gasteiger partial charge < -0.3 is 19.9 Å². The second-order valence-corrected chi connectivity index (χ2v) is 4.96. The van der Waals surface area contributed by atoms with Crippen molar-refractivity contribution in [3.63, 3.8) is 0 Å². The Morgan fingerprint density at radius 1 is 1.25 bits per heavy atom. The van der Waals surface area contributed by atoms with Crippen molar-refractivity contribution in [2.75, 3.05) is 26.9 Å². The number of aliphatic hydroxyl groups excluding tert-OH is 1. The first-order chi connectivity index (χ1) is 9.72. The van der Waals surface area contributed by atoms with Crippen molar-refractivity contribution in [3.8, 4) is 11.5 Å².